The van der Waals surface area contributed by atoms with E-state index in [9.17, 15) is 9.59 Å². The molecule has 0 aromatic carbocycles. The monoisotopic (exact) mass is 277 g/mol. The molecule has 0 radical (unpaired) electrons. The number of carbonyl (C=O) groups excluding carboxylic acids is 1. The number of carbonyl (C=O) groups is 2. The van der Waals surface area contributed by atoms with Gasteiger partial charge in [-0.3, -0.25) is 9.69 Å². The molecule has 0 bridgehead atoms. The lowest BCUT2D eigenvalue weighted by Crippen LogP contribution is -2.41. The maximum atomic E-state index is 12.0. The fraction of sp³-hybridized carbons (Fsp3) is 0.500. The predicted octanol–water partition coefficient (Wildman–Crippen LogP) is 0.992. The van der Waals surface area contributed by atoms with E-state index in [1.807, 2.05) is 0 Å². The summed E-state index contributed by atoms with van der Waals surface area (Å²) in [6, 6.07) is 3.69. The standard InChI is InChI=1S/C14H19N3O3/c1-9(17(2)11-3-4-11)8-16-13(18)10-5-6-15-12(7-10)14(19)20/h5-7,9,11H,3-4,8H2,1-2H3,(H,16,18)(H,19,20). The van der Waals surface area contributed by atoms with Crippen molar-refractivity contribution >= 4 is 11.9 Å². The zero-order chi connectivity index (χ0) is 14.7. The Kier molecular flexibility index (Phi) is 4.34. The van der Waals surface area contributed by atoms with Gasteiger partial charge in [0, 0.05) is 30.4 Å². The average Bonchev–Trinajstić information content (AvgIpc) is 3.28. The first kappa shape index (κ1) is 14.5. The molecule has 108 valence electrons. The molecule has 2 N–H and O–H groups in total. The number of nitrogens with one attached hydrogen (secondary N) is 1. The van der Waals surface area contributed by atoms with E-state index in [0.29, 0.717) is 18.2 Å². The first-order valence-corrected chi connectivity index (χ1v) is 6.68. The number of pyridine rings is 1. The molecule has 1 aliphatic rings. The van der Waals surface area contributed by atoms with Crippen molar-refractivity contribution in [2.45, 2.75) is 31.8 Å². The van der Waals surface area contributed by atoms with Crippen molar-refractivity contribution in [2.75, 3.05) is 13.6 Å². The Hall–Kier alpha value is -1.95. The zero-order valence-electron chi connectivity index (χ0n) is 11.7. The maximum absolute atomic E-state index is 12.0. The largest absolute Gasteiger partial charge is 0.477 e. The molecule has 0 spiro atoms. The molecule has 6 nitrogen and oxygen atoms in total. The fourth-order valence-corrected chi connectivity index (χ4v) is 2.02. The summed E-state index contributed by atoms with van der Waals surface area (Å²) >= 11 is 0. The smallest absolute Gasteiger partial charge is 0.354 e. The van der Waals surface area contributed by atoms with Crippen LogP contribution in [0.4, 0.5) is 0 Å². The lowest BCUT2D eigenvalue weighted by atomic mass is 10.2. The van der Waals surface area contributed by atoms with Crippen LogP contribution in [0, 0.1) is 0 Å². The topological polar surface area (TPSA) is 82.5 Å². The number of carboxylic acids is 1. The summed E-state index contributed by atoms with van der Waals surface area (Å²) < 4.78 is 0. The third-order valence-corrected chi connectivity index (χ3v) is 3.62. The van der Waals surface area contributed by atoms with E-state index < -0.39 is 5.97 Å². The summed E-state index contributed by atoms with van der Waals surface area (Å²) in [4.78, 5) is 28.7. The van der Waals surface area contributed by atoms with Gasteiger partial charge in [-0.2, -0.15) is 0 Å². The van der Waals surface area contributed by atoms with Gasteiger partial charge < -0.3 is 10.4 Å². The van der Waals surface area contributed by atoms with Crippen LogP contribution in [0.3, 0.4) is 0 Å². The Morgan fingerprint density at radius 1 is 1.55 bits per heavy atom. The fourth-order valence-electron chi connectivity index (χ4n) is 2.02. The Balaban J connectivity index is 1.91. The molecule has 1 aromatic heterocycles. The summed E-state index contributed by atoms with van der Waals surface area (Å²) in [6.45, 7) is 2.60. The second kappa shape index (κ2) is 6.00. The summed E-state index contributed by atoms with van der Waals surface area (Å²) in [5.74, 6) is -1.41. The molecule has 2 rings (SSSR count). The van der Waals surface area contributed by atoms with Crippen molar-refractivity contribution < 1.29 is 14.7 Å². The second-order valence-electron chi connectivity index (χ2n) is 5.19. The lowest BCUT2D eigenvalue weighted by Gasteiger charge is -2.24. The molecule has 1 atom stereocenters. The molecule has 20 heavy (non-hydrogen) atoms. The summed E-state index contributed by atoms with van der Waals surface area (Å²) in [5, 5.41) is 11.7. The third-order valence-electron chi connectivity index (χ3n) is 3.62. The van der Waals surface area contributed by atoms with Crippen LogP contribution in [-0.2, 0) is 0 Å². The van der Waals surface area contributed by atoms with Crippen LogP contribution in [0.2, 0.25) is 0 Å². The number of aromatic carboxylic acids is 1. The molecule has 1 heterocycles. The highest BCUT2D eigenvalue weighted by Crippen LogP contribution is 2.26. The highest BCUT2D eigenvalue weighted by molar-refractivity contribution is 5.96. The molecule has 1 fully saturated rings. The summed E-state index contributed by atoms with van der Waals surface area (Å²) in [6.07, 6.45) is 3.78. The molecule has 1 aliphatic carbocycles. The average molecular weight is 277 g/mol. The number of aromatic nitrogens is 1. The quantitative estimate of drug-likeness (QED) is 0.810. The van der Waals surface area contributed by atoms with Crippen molar-refractivity contribution in [1.29, 1.82) is 0 Å². The number of hydrogen-bond donors (Lipinski definition) is 2. The van der Waals surface area contributed by atoms with Gasteiger partial charge in [0.25, 0.3) is 5.91 Å². The van der Waals surface area contributed by atoms with Gasteiger partial charge in [0.05, 0.1) is 0 Å². The minimum atomic E-state index is -1.14. The summed E-state index contributed by atoms with van der Waals surface area (Å²) in [5.41, 5.74) is 0.194. The number of hydrogen-bond acceptors (Lipinski definition) is 4. The van der Waals surface area contributed by atoms with E-state index in [2.05, 4.69) is 29.2 Å². The number of nitrogens with zero attached hydrogens (tertiary/aromatic N) is 2. The summed E-state index contributed by atoms with van der Waals surface area (Å²) in [7, 11) is 2.06. The first-order valence-electron chi connectivity index (χ1n) is 6.68. The van der Waals surface area contributed by atoms with Crippen LogP contribution in [0.25, 0.3) is 0 Å². The van der Waals surface area contributed by atoms with Gasteiger partial charge >= 0.3 is 5.97 Å². The molecular formula is C14H19N3O3. The number of rotatable bonds is 6. The van der Waals surface area contributed by atoms with Gasteiger partial charge in [-0.1, -0.05) is 0 Å². The van der Waals surface area contributed by atoms with Gasteiger partial charge in [0.2, 0.25) is 0 Å². The minimum Gasteiger partial charge on any atom is -0.477 e. The van der Waals surface area contributed by atoms with Crippen LogP contribution in [-0.4, -0.2) is 52.5 Å². The van der Waals surface area contributed by atoms with Crippen molar-refractivity contribution in [3.05, 3.63) is 29.6 Å². The van der Waals surface area contributed by atoms with Gasteiger partial charge in [0.1, 0.15) is 5.69 Å². The molecule has 1 amide bonds. The number of likely N-dealkylation sites (N-methyl/N-ethyl adjacent to an activating group) is 1. The van der Waals surface area contributed by atoms with Crippen LogP contribution >= 0.6 is 0 Å². The van der Waals surface area contributed by atoms with Gasteiger partial charge in [-0.25, -0.2) is 9.78 Å². The Labute approximate surface area is 117 Å². The van der Waals surface area contributed by atoms with E-state index in [-0.39, 0.29) is 17.6 Å². The Bertz CT molecular complexity index is 514. The SMILES string of the molecule is CC(CNC(=O)c1ccnc(C(=O)O)c1)N(C)C1CC1. The highest BCUT2D eigenvalue weighted by Gasteiger charge is 2.29. The van der Waals surface area contributed by atoms with E-state index in [1.165, 1.54) is 31.2 Å². The van der Waals surface area contributed by atoms with Gasteiger partial charge in [-0.15, -0.1) is 0 Å². The zero-order valence-corrected chi connectivity index (χ0v) is 11.7. The van der Waals surface area contributed by atoms with Crippen LogP contribution in [0.5, 0.6) is 0 Å². The van der Waals surface area contributed by atoms with E-state index in [4.69, 9.17) is 5.11 Å². The number of amides is 1. The molecule has 0 saturated heterocycles. The Morgan fingerprint density at radius 2 is 2.25 bits per heavy atom. The first-order chi connectivity index (χ1) is 9.49. The van der Waals surface area contributed by atoms with Gasteiger partial charge in [0.15, 0.2) is 0 Å². The van der Waals surface area contributed by atoms with Crippen molar-refractivity contribution in [2.24, 2.45) is 0 Å². The maximum Gasteiger partial charge on any atom is 0.354 e. The normalized spacial score (nSPS) is 15.9. The van der Waals surface area contributed by atoms with Crippen LogP contribution in [0.1, 0.15) is 40.6 Å². The molecular weight excluding hydrogens is 258 g/mol. The molecule has 1 aromatic rings. The minimum absolute atomic E-state index is 0.124. The highest BCUT2D eigenvalue weighted by atomic mass is 16.4. The molecule has 0 aliphatic heterocycles. The van der Waals surface area contributed by atoms with Crippen molar-refractivity contribution in [3.8, 4) is 0 Å². The van der Waals surface area contributed by atoms with Gasteiger partial charge in [-0.05, 0) is 38.9 Å². The van der Waals surface area contributed by atoms with E-state index in [0.717, 1.165) is 0 Å². The van der Waals surface area contributed by atoms with Crippen LogP contribution < -0.4 is 5.32 Å². The van der Waals surface area contributed by atoms with Crippen LogP contribution in [0.15, 0.2) is 18.3 Å². The Morgan fingerprint density at radius 3 is 2.85 bits per heavy atom. The molecule has 1 unspecified atom stereocenters. The predicted molar refractivity (Wildman–Crippen MR) is 73.8 cm³/mol. The van der Waals surface area contributed by atoms with E-state index in [1.54, 1.807) is 0 Å². The number of carboxylic acid groups (broad SMARTS) is 1. The van der Waals surface area contributed by atoms with E-state index >= 15 is 0 Å². The second-order valence-corrected chi connectivity index (χ2v) is 5.19. The third kappa shape index (κ3) is 3.54. The lowest BCUT2D eigenvalue weighted by molar-refractivity contribution is 0.0690. The molecule has 1 saturated carbocycles. The molecule has 6 heteroatoms. The van der Waals surface area contributed by atoms with Crippen molar-refractivity contribution in [3.63, 3.8) is 0 Å². The van der Waals surface area contributed by atoms with Crippen molar-refractivity contribution in [1.82, 2.24) is 15.2 Å².